The number of rotatable bonds is 7. The Kier molecular flexibility index (Phi) is 6.79. The molecule has 106 valence electrons. The van der Waals surface area contributed by atoms with Crippen molar-refractivity contribution in [1.82, 2.24) is 10.6 Å². The van der Waals surface area contributed by atoms with Gasteiger partial charge in [-0.1, -0.05) is 30.3 Å². The molecule has 2 amide bonds. The molecule has 6 heteroatoms. The zero-order valence-electron chi connectivity index (χ0n) is 11.3. The summed E-state index contributed by atoms with van der Waals surface area (Å²) in [5, 5.41) is 13.5. The number of carbonyl (C=O) groups is 2. The highest BCUT2D eigenvalue weighted by molar-refractivity contribution is 5.88. The highest BCUT2D eigenvalue weighted by atomic mass is 16.5. The summed E-state index contributed by atoms with van der Waals surface area (Å²) in [6, 6.07) is 10.4. The van der Waals surface area contributed by atoms with Crippen LogP contribution in [0.25, 0.3) is 0 Å². The summed E-state index contributed by atoms with van der Waals surface area (Å²) in [7, 11) is 1.40. The number of benzene rings is 1. The molecule has 1 aromatic rings. The topological polar surface area (TPSA) is 91.2 Å². The number of nitrogens with one attached hydrogen (secondary N) is 2. The van der Waals surface area contributed by atoms with E-state index in [1.807, 2.05) is 36.4 Å². The Balaban J connectivity index is 2.70. The van der Waals surface area contributed by atoms with E-state index in [2.05, 4.69) is 10.6 Å². The maximum absolute atomic E-state index is 11.9. The van der Waals surface area contributed by atoms with Crippen LogP contribution in [0.1, 0.15) is 5.56 Å². The Morgan fingerprint density at radius 1 is 1.35 bits per heavy atom. The molecule has 0 saturated heterocycles. The quantitative estimate of drug-likeness (QED) is 0.685. The van der Waals surface area contributed by atoms with E-state index in [0.29, 0.717) is 6.42 Å². The van der Waals surface area contributed by atoms with Crippen molar-refractivity contribution in [1.29, 1.82) is 5.26 Å². The molecule has 0 aliphatic carbocycles. The monoisotopic (exact) mass is 275 g/mol. The molecule has 1 atom stereocenters. The van der Waals surface area contributed by atoms with Crippen LogP contribution >= 0.6 is 0 Å². The third kappa shape index (κ3) is 5.50. The molecule has 1 aromatic carbocycles. The van der Waals surface area contributed by atoms with Gasteiger partial charge in [-0.25, -0.2) is 0 Å². The minimum absolute atomic E-state index is 0.0930. The number of nitrogens with zero attached hydrogens (tertiary/aromatic N) is 1. The zero-order chi connectivity index (χ0) is 14.8. The predicted octanol–water partition coefficient (Wildman–Crippen LogP) is 0.0000800. The normalized spacial score (nSPS) is 11.2. The van der Waals surface area contributed by atoms with Crippen molar-refractivity contribution in [3.8, 4) is 6.07 Å². The van der Waals surface area contributed by atoms with Gasteiger partial charge in [-0.05, 0) is 5.56 Å². The molecule has 0 saturated carbocycles. The zero-order valence-corrected chi connectivity index (χ0v) is 11.3. The van der Waals surface area contributed by atoms with Gasteiger partial charge in [0, 0.05) is 13.5 Å². The van der Waals surface area contributed by atoms with Crippen LogP contribution in [0.2, 0.25) is 0 Å². The Hall–Kier alpha value is -2.39. The van der Waals surface area contributed by atoms with Gasteiger partial charge < -0.3 is 15.4 Å². The second-order valence-corrected chi connectivity index (χ2v) is 4.12. The molecule has 0 aliphatic rings. The number of methoxy groups -OCH3 is 1. The van der Waals surface area contributed by atoms with E-state index in [-0.39, 0.29) is 25.0 Å². The molecular formula is C14H17N3O3. The van der Waals surface area contributed by atoms with E-state index in [4.69, 9.17) is 10.00 Å². The lowest BCUT2D eigenvalue weighted by atomic mass is 10.1. The van der Waals surface area contributed by atoms with Crippen LogP contribution in [0.15, 0.2) is 30.3 Å². The summed E-state index contributed by atoms with van der Waals surface area (Å²) in [4.78, 5) is 23.5. The van der Waals surface area contributed by atoms with Crippen LogP contribution in [-0.4, -0.2) is 38.1 Å². The fraction of sp³-hybridized carbons (Fsp3) is 0.357. The molecule has 0 heterocycles. The molecule has 0 aliphatic heterocycles. The van der Waals surface area contributed by atoms with Crippen LogP contribution in [0, 0.1) is 11.3 Å². The van der Waals surface area contributed by atoms with Crippen molar-refractivity contribution in [2.45, 2.75) is 12.5 Å². The van der Waals surface area contributed by atoms with Crippen LogP contribution in [-0.2, 0) is 20.7 Å². The minimum Gasteiger partial charge on any atom is -0.375 e. The summed E-state index contributed by atoms with van der Waals surface area (Å²) in [5.74, 6) is -0.764. The van der Waals surface area contributed by atoms with Gasteiger partial charge in [-0.3, -0.25) is 9.59 Å². The second kappa shape index (κ2) is 8.67. The SMILES string of the molecule is COCC(=O)NC(Cc1ccccc1)C(=O)NCC#N. The van der Waals surface area contributed by atoms with Crippen molar-refractivity contribution in [2.75, 3.05) is 20.3 Å². The Morgan fingerprint density at radius 2 is 2.05 bits per heavy atom. The van der Waals surface area contributed by atoms with E-state index in [0.717, 1.165) is 5.56 Å². The van der Waals surface area contributed by atoms with Crippen LogP contribution in [0.5, 0.6) is 0 Å². The highest BCUT2D eigenvalue weighted by Gasteiger charge is 2.20. The van der Waals surface area contributed by atoms with Crippen LogP contribution in [0.4, 0.5) is 0 Å². The summed E-state index contributed by atoms with van der Waals surface area (Å²) >= 11 is 0. The first kappa shape index (κ1) is 15.7. The van der Waals surface area contributed by atoms with Gasteiger partial charge in [0.1, 0.15) is 19.2 Å². The lowest BCUT2D eigenvalue weighted by Crippen LogP contribution is -2.49. The fourth-order valence-electron chi connectivity index (χ4n) is 1.68. The molecule has 6 nitrogen and oxygen atoms in total. The van der Waals surface area contributed by atoms with Gasteiger partial charge >= 0.3 is 0 Å². The number of hydrogen-bond donors (Lipinski definition) is 2. The molecule has 0 aromatic heterocycles. The maximum Gasteiger partial charge on any atom is 0.246 e. The van der Waals surface area contributed by atoms with Gasteiger partial charge in [0.05, 0.1) is 6.07 Å². The van der Waals surface area contributed by atoms with E-state index in [1.165, 1.54) is 7.11 Å². The largest absolute Gasteiger partial charge is 0.375 e. The number of hydrogen-bond acceptors (Lipinski definition) is 4. The molecule has 0 bridgehead atoms. The second-order valence-electron chi connectivity index (χ2n) is 4.12. The lowest BCUT2D eigenvalue weighted by Gasteiger charge is -2.17. The Morgan fingerprint density at radius 3 is 2.65 bits per heavy atom. The number of amides is 2. The fourth-order valence-corrected chi connectivity index (χ4v) is 1.68. The van der Waals surface area contributed by atoms with Crippen molar-refractivity contribution >= 4 is 11.8 Å². The first-order valence-electron chi connectivity index (χ1n) is 6.14. The van der Waals surface area contributed by atoms with Gasteiger partial charge in [0.15, 0.2) is 0 Å². The van der Waals surface area contributed by atoms with Gasteiger partial charge in [-0.2, -0.15) is 5.26 Å². The lowest BCUT2D eigenvalue weighted by molar-refractivity contribution is -0.130. The predicted molar refractivity (Wildman–Crippen MR) is 72.6 cm³/mol. The minimum atomic E-state index is -0.728. The molecule has 1 unspecified atom stereocenters. The van der Waals surface area contributed by atoms with Crippen LogP contribution in [0.3, 0.4) is 0 Å². The van der Waals surface area contributed by atoms with Crippen molar-refractivity contribution in [3.63, 3.8) is 0 Å². The summed E-state index contributed by atoms with van der Waals surface area (Å²) in [5.41, 5.74) is 0.919. The van der Waals surface area contributed by atoms with Crippen molar-refractivity contribution in [3.05, 3.63) is 35.9 Å². The van der Waals surface area contributed by atoms with Gasteiger partial charge in [-0.15, -0.1) is 0 Å². The van der Waals surface area contributed by atoms with Gasteiger partial charge in [0.25, 0.3) is 0 Å². The maximum atomic E-state index is 11.9. The molecule has 0 radical (unpaired) electrons. The van der Waals surface area contributed by atoms with E-state index in [1.54, 1.807) is 0 Å². The summed E-state index contributed by atoms with van der Waals surface area (Å²) in [6.45, 7) is -0.207. The molecule has 1 rings (SSSR count). The summed E-state index contributed by atoms with van der Waals surface area (Å²) in [6.07, 6.45) is 0.355. The number of nitriles is 1. The number of carbonyl (C=O) groups excluding carboxylic acids is 2. The molecule has 0 spiro atoms. The van der Waals surface area contributed by atoms with Crippen molar-refractivity contribution in [2.24, 2.45) is 0 Å². The average molecular weight is 275 g/mol. The third-order valence-electron chi connectivity index (χ3n) is 2.55. The van der Waals surface area contributed by atoms with Crippen LogP contribution < -0.4 is 10.6 Å². The molecular weight excluding hydrogens is 258 g/mol. The Bertz CT molecular complexity index is 482. The van der Waals surface area contributed by atoms with E-state index in [9.17, 15) is 9.59 Å². The first-order valence-corrected chi connectivity index (χ1v) is 6.14. The number of ether oxygens (including phenoxy) is 1. The summed E-state index contributed by atoms with van der Waals surface area (Å²) < 4.78 is 4.72. The average Bonchev–Trinajstić information content (AvgIpc) is 2.45. The van der Waals surface area contributed by atoms with E-state index >= 15 is 0 Å². The molecule has 20 heavy (non-hydrogen) atoms. The first-order chi connectivity index (χ1) is 9.67. The molecule has 2 N–H and O–H groups in total. The smallest absolute Gasteiger partial charge is 0.246 e. The Labute approximate surface area is 117 Å². The van der Waals surface area contributed by atoms with Crippen molar-refractivity contribution < 1.29 is 14.3 Å². The highest BCUT2D eigenvalue weighted by Crippen LogP contribution is 2.03. The third-order valence-corrected chi connectivity index (χ3v) is 2.55. The van der Waals surface area contributed by atoms with E-state index < -0.39 is 6.04 Å². The molecule has 0 fully saturated rings. The van der Waals surface area contributed by atoms with Gasteiger partial charge in [0.2, 0.25) is 11.8 Å². The standard InChI is InChI=1S/C14H17N3O3/c1-20-10-13(18)17-12(14(19)16-8-7-15)9-11-5-3-2-4-6-11/h2-6,12H,8-10H2,1H3,(H,16,19)(H,17,18).